The summed E-state index contributed by atoms with van der Waals surface area (Å²) in [5, 5.41) is 0. The highest BCUT2D eigenvalue weighted by Crippen LogP contribution is 2.28. The first-order valence-electron chi connectivity index (χ1n) is 11.3. The average Bonchev–Trinajstić information content (AvgIpc) is 2.77. The van der Waals surface area contributed by atoms with Crippen LogP contribution in [0.2, 0.25) is 0 Å². The Hall–Kier alpha value is -2.17. The number of hydrogen-bond donors (Lipinski definition) is 0. The van der Waals surface area contributed by atoms with E-state index in [4.69, 9.17) is 9.47 Å². The lowest BCUT2D eigenvalue weighted by Crippen LogP contribution is -2.40. The monoisotopic (exact) mass is 409 g/mol. The van der Waals surface area contributed by atoms with Gasteiger partial charge in [-0.3, -0.25) is 4.79 Å². The lowest BCUT2D eigenvalue weighted by atomic mass is 9.84. The maximum absolute atomic E-state index is 11.8. The molecule has 0 aliphatic carbocycles. The zero-order chi connectivity index (χ0) is 21.2. The van der Waals surface area contributed by atoms with Gasteiger partial charge in [-0.25, -0.2) is 0 Å². The van der Waals surface area contributed by atoms with E-state index in [1.807, 2.05) is 19.1 Å². The summed E-state index contributed by atoms with van der Waals surface area (Å²) in [7, 11) is 0. The summed E-state index contributed by atoms with van der Waals surface area (Å²) in [5.74, 6) is 0.909. The molecular weight excluding hydrogens is 374 g/mol. The Bertz CT molecular complexity index is 710. The van der Waals surface area contributed by atoms with Crippen LogP contribution in [-0.2, 0) is 14.3 Å². The number of rotatable bonds is 10. The quantitative estimate of drug-likeness (QED) is 0.404. The normalized spacial score (nSPS) is 19.7. The van der Waals surface area contributed by atoms with Gasteiger partial charge in [0.1, 0.15) is 6.10 Å². The van der Waals surface area contributed by atoms with Crippen LogP contribution in [-0.4, -0.2) is 43.7 Å². The summed E-state index contributed by atoms with van der Waals surface area (Å²) in [6, 6.07) is 20.9. The van der Waals surface area contributed by atoms with Crippen LogP contribution in [0.25, 0.3) is 0 Å². The molecule has 0 spiro atoms. The van der Waals surface area contributed by atoms with Crippen molar-refractivity contribution in [3.05, 3.63) is 71.8 Å². The van der Waals surface area contributed by atoms with E-state index in [0.29, 0.717) is 24.9 Å². The van der Waals surface area contributed by atoms with Crippen LogP contribution in [0, 0.1) is 11.8 Å². The van der Waals surface area contributed by atoms with E-state index in [1.54, 1.807) is 0 Å². The molecule has 0 radical (unpaired) electrons. The maximum Gasteiger partial charge on any atom is 0.306 e. The Labute approximate surface area is 181 Å². The highest BCUT2D eigenvalue weighted by Gasteiger charge is 2.28. The molecule has 0 N–H and O–H groups in total. The van der Waals surface area contributed by atoms with E-state index in [-0.39, 0.29) is 12.1 Å². The van der Waals surface area contributed by atoms with Crippen LogP contribution in [0.3, 0.4) is 0 Å². The summed E-state index contributed by atoms with van der Waals surface area (Å²) in [6.07, 6.45) is 2.60. The number of benzene rings is 2. The van der Waals surface area contributed by atoms with Crippen LogP contribution in [0.5, 0.6) is 0 Å². The number of hydrogen-bond acceptors (Lipinski definition) is 4. The molecule has 1 aliphatic rings. The molecule has 4 nitrogen and oxygen atoms in total. The molecule has 0 bridgehead atoms. The second kappa shape index (κ2) is 11.9. The van der Waals surface area contributed by atoms with Crippen LogP contribution in [0.4, 0.5) is 0 Å². The molecule has 1 saturated heterocycles. The molecule has 2 aromatic rings. The zero-order valence-electron chi connectivity index (χ0n) is 18.3. The van der Waals surface area contributed by atoms with Crippen molar-refractivity contribution in [2.75, 3.05) is 32.8 Å². The number of esters is 1. The predicted molar refractivity (Wildman–Crippen MR) is 120 cm³/mol. The first-order valence-corrected chi connectivity index (χ1v) is 11.3. The number of piperidine rings is 1. The van der Waals surface area contributed by atoms with Gasteiger partial charge in [-0.05, 0) is 49.3 Å². The summed E-state index contributed by atoms with van der Waals surface area (Å²) in [6.45, 7) is 8.46. The van der Waals surface area contributed by atoms with Crippen LogP contribution in [0.15, 0.2) is 60.7 Å². The second-order valence-electron chi connectivity index (χ2n) is 8.26. The van der Waals surface area contributed by atoms with Crippen LogP contribution < -0.4 is 0 Å². The number of ether oxygens (including phenoxy) is 2. The molecule has 1 aliphatic heterocycles. The molecule has 0 aromatic heterocycles. The lowest BCUT2D eigenvalue weighted by molar-refractivity contribution is -0.145. The third-order valence-corrected chi connectivity index (χ3v) is 6.01. The van der Waals surface area contributed by atoms with E-state index in [1.165, 1.54) is 11.1 Å². The Kier molecular flexibility index (Phi) is 8.91. The summed E-state index contributed by atoms with van der Waals surface area (Å²) >= 11 is 0. The second-order valence-corrected chi connectivity index (χ2v) is 8.26. The smallest absolute Gasteiger partial charge is 0.306 e. The van der Waals surface area contributed by atoms with Gasteiger partial charge in [0.05, 0.1) is 6.61 Å². The van der Waals surface area contributed by atoms with Gasteiger partial charge >= 0.3 is 5.97 Å². The highest BCUT2D eigenvalue weighted by atomic mass is 16.5. The van der Waals surface area contributed by atoms with Crippen molar-refractivity contribution in [2.45, 2.75) is 39.2 Å². The van der Waals surface area contributed by atoms with E-state index in [0.717, 1.165) is 39.1 Å². The van der Waals surface area contributed by atoms with Crippen molar-refractivity contribution < 1.29 is 14.3 Å². The fourth-order valence-electron chi connectivity index (χ4n) is 4.35. The van der Waals surface area contributed by atoms with Crippen molar-refractivity contribution >= 4 is 5.97 Å². The first-order chi connectivity index (χ1) is 14.7. The predicted octanol–water partition coefficient (Wildman–Crippen LogP) is 5.09. The van der Waals surface area contributed by atoms with Crippen molar-refractivity contribution in [3.63, 3.8) is 0 Å². The summed E-state index contributed by atoms with van der Waals surface area (Å²) in [4.78, 5) is 14.3. The number of nitrogens with zero attached hydrogens (tertiary/aromatic N) is 1. The molecule has 2 unspecified atom stereocenters. The Morgan fingerprint density at radius 2 is 1.70 bits per heavy atom. The number of likely N-dealkylation sites (tertiary alicyclic amines) is 1. The van der Waals surface area contributed by atoms with Gasteiger partial charge in [-0.15, -0.1) is 0 Å². The van der Waals surface area contributed by atoms with Gasteiger partial charge in [-0.1, -0.05) is 67.6 Å². The third kappa shape index (κ3) is 6.68. The first kappa shape index (κ1) is 22.5. The van der Waals surface area contributed by atoms with Crippen LogP contribution in [0.1, 0.15) is 50.3 Å². The molecule has 2 atom stereocenters. The molecule has 1 fully saturated rings. The minimum absolute atomic E-state index is 0.0263. The van der Waals surface area contributed by atoms with Gasteiger partial charge in [-0.2, -0.15) is 0 Å². The molecule has 2 aromatic carbocycles. The zero-order valence-corrected chi connectivity index (χ0v) is 18.3. The van der Waals surface area contributed by atoms with Crippen molar-refractivity contribution in [2.24, 2.45) is 11.8 Å². The van der Waals surface area contributed by atoms with Gasteiger partial charge < -0.3 is 14.4 Å². The van der Waals surface area contributed by atoms with Gasteiger partial charge in [0.15, 0.2) is 0 Å². The highest BCUT2D eigenvalue weighted by molar-refractivity contribution is 5.69. The van der Waals surface area contributed by atoms with Gasteiger partial charge in [0.25, 0.3) is 0 Å². The molecule has 0 saturated carbocycles. The Morgan fingerprint density at radius 1 is 1.07 bits per heavy atom. The van der Waals surface area contributed by atoms with Crippen LogP contribution >= 0.6 is 0 Å². The van der Waals surface area contributed by atoms with Gasteiger partial charge in [0, 0.05) is 26.1 Å². The third-order valence-electron chi connectivity index (χ3n) is 6.01. The SMILES string of the molecule is CCOC(=O)CC1CCN(CCCOC(c2ccccc2)c2ccccc2)CC1C. The van der Waals surface area contributed by atoms with Gasteiger partial charge in [0.2, 0.25) is 0 Å². The van der Waals surface area contributed by atoms with E-state index in [9.17, 15) is 4.79 Å². The van der Waals surface area contributed by atoms with Crippen molar-refractivity contribution in [1.29, 1.82) is 0 Å². The maximum atomic E-state index is 11.8. The molecule has 30 heavy (non-hydrogen) atoms. The average molecular weight is 410 g/mol. The Balaban J connectivity index is 1.45. The summed E-state index contributed by atoms with van der Waals surface area (Å²) in [5.41, 5.74) is 2.38. The minimum Gasteiger partial charge on any atom is -0.466 e. The standard InChI is InChI=1S/C26H35NO3/c1-3-29-25(28)19-24-15-17-27(20-21(24)2)16-10-18-30-26(22-11-6-4-7-12-22)23-13-8-5-9-14-23/h4-9,11-14,21,24,26H,3,10,15-20H2,1-2H3. The minimum atomic E-state index is -0.0518. The largest absolute Gasteiger partial charge is 0.466 e. The van der Waals surface area contributed by atoms with E-state index >= 15 is 0 Å². The molecule has 0 amide bonds. The molecular formula is C26H35NO3. The van der Waals surface area contributed by atoms with E-state index < -0.39 is 0 Å². The fraction of sp³-hybridized carbons (Fsp3) is 0.500. The molecule has 4 heteroatoms. The summed E-state index contributed by atoms with van der Waals surface area (Å²) < 4.78 is 11.5. The number of carbonyl (C=O) groups excluding carboxylic acids is 1. The van der Waals surface area contributed by atoms with E-state index in [2.05, 4.69) is 60.4 Å². The topological polar surface area (TPSA) is 38.8 Å². The lowest BCUT2D eigenvalue weighted by Gasteiger charge is -2.36. The number of carbonyl (C=O) groups is 1. The Morgan fingerprint density at radius 3 is 2.27 bits per heavy atom. The molecule has 162 valence electrons. The molecule has 1 heterocycles. The fourth-order valence-corrected chi connectivity index (χ4v) is 4.35. The molecule has 3 rings (SSSR count). The van der Waals surface area contributed by atoms with Crippen molar-refractivity contribution in [1.82, 2.24) is 4.90 Å². The van der Waals surface area contributed by atoms with Crippen molar-refractivity contribution in [3.8, 4) is 0 Å².